The summed E-state index contributed by atoms with van der Waals surface area (Å²) in [5.41, 5.74) is 7.66. The van der Waals surface area contributed by atoms with E-state index in [1.54, 1.807) is 31.4 Å². The van der Waals surface area contributed by atoms with Crippen molar-refractivity contribution in [2.45, 2.75) is 6.54 Å². The zero-order valence-electron chi connectivity index (χ0n) is 12.3. The Balaban J connectivity index is 2.62. The molecule has 0 saturated heterocycles. The van der Waals surface area contributed by atoms with Crippen LogP contribution >= 0.6 is 0 Å². The van der Waals surface area contributed by atoms with Gasteiger partial charge in [-0.1, -0.05) is 0 Å². The molecule has 2 rings (SSSR count). The maximum absolute atomic E-state index is 14.3. The van der Waals surface area contributed by atoms with Gasteiger partial charge in [-0.25, -0.2) is 4.39 Å². The number of hydrogen-bond donors (Lipinski definition) is 1. The van der Waals surface area contributed by atoms with Crippen molar-refractivity contribution in [3.8, 4) is 28.4 Å². The van der Waals surface area contributed by atoms with Crippen molar-refractivity contribution in [3.05, 3.63) is 41.7 Å². The Morgan fingerprint density at radius 2 is 1.57 bits per heavy atom. The summed E-state index contributed by atoms with van der Waals surface area (Å²) in [6, 6.07) is 8.19. The molecule has 0 amide bonds. The van der Waals surface area contributed by atoms with E-state index in [1.165, 1.54) is 20.3 Å². The number of hydrogen-bond acceptors (Lipinski definition) is 4. The molecule has 0 spiro atoms. The van der Waals surface area contributed by atoms with Crippen molar-refractivity contribution in [2.24, 2.45) is 5.73 Å². The van der Waals surface area contributed by atoms with Gasteiger partial charge in [-0.3, -0.25) is 0 Å². The van der Waals surface area contributed by atoms with Gasteiger partial charge in [-0.2, -0.15) is 0 Å². The fourth-order valence-corrected chi connectivity index (χ4v) is 2.18. The fourth-order valence-electron chi connectivity index (χ4n) is 2.18. The highest BCUT2D eigenvalue weighted by atomic mass is 19.1. The third-order valence-electron chi connectivity index (χ3n) is 3.30. The van der Waals surface area contributed by atoms with Crippen LogP contribution in [0.25, 0.3) is 11.1 Å². The molecule has 112 valence electrons. The summed E-state index contributed by atoms with van der Waals surface area (Å²) < 4.78 is 29.8. The summed E-state index contributed by atoms with van der Waals surface area (Å²) in [5.74, 6) is 1.18. The summed E-state index contributed by atoms with van der Waals surface area (Å²) in [4.78, 5) is 0. The van der Waals surface area contributed by atoms with E-state index in [1.807, 2.05) is 0 Å². The fraction of sp³-hybridized carbons (Fsp3) is 0.250. The molecule has 0 saturated carbocycles. The molecular formula is C16H18FNO3. The molecule has 0 radical (unpaired) electrons. The molecule has 2 N–H and O–H groups in total. The van der Waals surface area contributed by atoms with Gasteiger partial charge < -0.3 is 19.9 Å². The van der Waals surface area contributed by atoms with Crippen molar-refractivity contribution in [2.75, 3.05) is 21.3 Å². The molecule has 0 bridgehead atoms. The third-order valence-corrected chi connectivity index (χ3v) is 3.30. The minimum Gasteiger partial charge on any atom is -0.497 e. The van der Waals surface area contributed by atoms with Gasteiger partial charge in [0, 0.05) is 18.2 Å². The minimum atomic E-state index is -0.378. The largest absolute Gasteiger partial charge is 0.497 e. The third kappa shape index (κ3) is 2.92. The lowest BCUT2D eigenvalue weighted by atomic mass is 9.98. The lowest BCUT2D eigenvalue weighted by molar-refractivity contribution is 0.354. The summed E-state index contributed by atoms with van der Waals surface area (Å²) in [5, 5.41) is 0. The van der Waals surface area contributed by atoms with E-state index >= 15 is 0 Å². The van der Waals surface area contributed by atoms with E-state index in [0.717, 1.165) is 5.56 Å². The van der Waals surface area contributed by atoms with Gasteiger partial charge in [-0.05, 0) is 35.4 Å². The van der Waals surface area contributed by atoms with Crippen LogP contribution in [0.3, 0.4) is 0 Å². The normalized spacial score (nSPS) is 10.3. The molecule has 0 fully saturated rings. The highest BCUT2D eigenvalue weighted by Gasteiger charge is 2.15. The summed E-state index contributed by atoms with van der Waals surface area (Å²) in [7, 11) is 4.58. The molecule has 2 aromatic carbocycles. The lowest BCUT2D eigenvalue weighted by Crippen LogP contribution is -2.02. The zero-order valence-corrected chi connectivity index (χ0v) is 12.3. The first-order valence-corrected chi connectivity index (χ1v) is 6.43. The van der Waals surface area contributed by atoms with Crippen LogP contribution in [0.4, 0.5) is 4.39 Å². The number of halogens is 1. The first-order valence-electron chi connectivity index (χ1n) is 6.43. The molecule has 21 heavy (non-hydrogen) atoms. The lowest BCUT2D eigenvalue weighted by Gasteiger charge is -2.15. The Hall–Kier alpha value is -2.27. The number of rotatable bonds is 5. The van der Waals surface area contributed by atoms with Crippen molar-refractivity contribution >= 4 is 0 Å². The molecule has 0 heterocycles. The van der Waals surface area contributed by atoms with E-state index in [0.29, 0.717) is 28.4 Å². The molecule has 0 unspecified atom stereocenters. The first kappa shape index (κ1) is 15.1. The Morgan fingerprint density at radius 1 is 0.905 bits per heavy atom. The van der Waals surface area contributed by atoms with E-state index in [2.05, 4.69) is 0 Å². The zero-order chi connectivity index (χ0) is 15.4. The van der Waals surface area contributed by atoms with Gasteiger partial charge in [0.2, 0.25) is 0 Å². The molecule has 0 atom stereocenters. The van der Waals surface area contributed by atoms with Crippen LogP contribution in [-0.4, -0.2) is 21.3 Å². The number of nitrogens with two attached hydrogens (primary N) is 1. The predicted octanol–water partition coefficient (Wildman–Crippen LogP) is 2.98. The standard InChI is InChI=1S/C16H18FNO3/c1-19-11-4-5-12(14(17)7-11)13-8-16(21-3)15(20-2)6-10(13)9-18/h4-8H,9,18H2,1-3H3. The molecule has 0 aromatic heterocycles. The smallest absolute Gasteiger partial charge is 0.161 e. The van der Waals surface area contributed by atoms with Crippen LogP contribution in [0.1, 0.15) is 5.56 Å². The number of ether oxygens (including phenoxy) is 3. The average Bonchev–Trinajstić information content (AvgIpc) is 2.53. The maximum atomic E-state index is 14.3. The molecule has 2 aromatic rings. The molecular weight excluding hydrogens is 273 g/mol. The molecule has 0 aliphatic rings. The van der Waals surface area contributed by atoms with Crippen LogP contribution in [0.15, 0.2) is 30.3 Å². The second-order valence-electron chi connectivity index (χ2n) is 4.41. The van der Waals surface area contributed by atoms with E-state index in [4.69, 9.17) is 19.9 Å². The monoisotopic (exact) mass is 291 g/mol. The van der Waals surface area contributed by atoms with Crippen LogP contribution in [0.2, 0.25) is 0 Å². The molecule has 0 aliphatic heterocycles. The number of methoxy groups -OCH3 is 3. The van der Waals surface area contributed by atoms with Crippen molar-refractivity contribution < 1.29 is 18.6 Å². The van der Waals surface area contributed by atoms with Crippen molar-refractivity contribution in [1.82, 2.24) is 0 Å². The Labute approximate surface area is 123 Å². The summed E-state index contributed by atoms with van der Waals surface area (Å²) in [6.07, 6.45) is 0. The first-order chi connectivity index (χ1) is 10.1. The van der Waals surface area contributed by atoms with Gasteiger partial charge in [0.25, 0.3) is 0 Å². The van der Waals surface area contributed by atoms with E-state index < -0.39 is 0 Å². The Bertz CT molecular complexity index is 644. The van der Waals surface area contributed by atoms with Gasteiger partial charge in [0.05, 0.1) is 21.3 Å². The topological polar surface area (TPSA) is 53.7 Å². The van der Waals surface area contributed by atoms with Gasteiger partial charge >= 0.3 is 0 Å². The van der Waals surface area contributed by atoms with Gasteiger partial charge in [0.1, 0.15) is 11.6 Å². The second kappa shape index (κ2) is 6.45. The Morgan fingerprint density at radius 3 is 2.10 bits per heavy atom. The predicted molar refractivity (Wildman–Crippen MR) is 79.4 cm³/mol. The highest BCUT2D eigenvalue weighted by Crippen LogP contribution is 2.37. The highest BCUT2D eigenvalue weighted by molar-refractivity contribution is 5.72. The SMILES string of the molecule is COc1ccc(-c2cc(OC)c(OC)cc2CN)c(F)c1. The van der Waals surface area contributed by atoms with E-state index in [-0.39, 0.29) is 12.4 Å². The van der Waals surface area contributed by atoms with Crippen LogP contribution in [-0.2, 0) is 6.54 Å². The van der Waals surface area contributed by atoms with Crippen molar-refractivity contribution in [1.29, 1.82) is 0 Å². The number of benzene rings is 2. The summed E-state index contributed by atoms with van der Waals surface area (Å²) in [6.45, 7) is 0.265. The Kier molecular flexibility index (Phi) is 4.65. The summed E-state index contributed by atoms with van der Waals surface area (Å²) >= 11 is 0. The molecule has 0 aliphatic carbocycles. The van der Waals surface area contributed by atoms with Gasteiger partial charge in [0.15, 0.2) is 11.5 Å². The van der Waals surface area contributed by atoms with Crippen LogP contribution < -0.4 is 19.9 Å². The average molecular weight is 291 g/mol. The van der Waals surface area contributed by atoms with E-state index in [9.17, 15) is 4.39 Å². The molecule has 5 heteroatoms. The second-order valence-corrected chi connectivity index (χ2v) is 4.41. The minimum absolute atomic E-state index is 0.265. The van der Waals surface area contributed by atoms with Crippen LogP contribution in [0, 0.1) is 5.82 Å². The van der Waals surface area contributed by atoms with Gasteiger partial charge in [-0.15, -0.1) is 0 Å². The molecule has 4 nitrogen and oxygen atoms in total. The van der Waals surface area contributed by atoms with Crippen molar-refractivity contribution in [3.63, 3.8) is 0 Å². The maximum Gasteiger partial charge on any atom is 0.161 e. The quantitative estimate of drug-likeness (QED) is 0.920. The van der Waals surface area contributed by atoms with Crippen LogP contribution in [0.5, 0.6) is 17.2 Å².